The van der Waals surface area contributed by atoms with Gasteiger partial charge < -0.3 is 5.32 Å². The van der Waals surface area contributed by atoms with E-state index < -0.39 is 0 Å². The van der Waals surface area contributed by atoms with Gasteiger partial charge in [-0.2, -0.15) is 0 Å². The zero-order valence-corrected chi connectivity index (χ0v) is 12.0. The highest BCUT2D eigenvalue weighted by Gasteiger charge is 2.29. The first-order chi connectivity index (χ1) is 9.35. The molecule has 0 unspecified atom stereocenters. The van der Waals surface area contributed by atoms with Gasteiger partial charge in [-0.1, -0.05) is 6.07 Å². The van der Waals surface area contributed by atoms with Gasteiger partial charge in [0.25, 0.3) is 0 Å². The predicted octanol–water partition coefficient (Wildman–Crippen LogP) is 3.35. The highest BCUT2D eigenvalue weighted by molar-refractivity contribution is 7.09. The van der Waals surface area contributed by atoms with Gasteiger partial charge in [-0.15, -0.1) is 11.3 Å². The van der Waals surface area contributed by atoms with Crippen molar-refractivity contribution in [1.82, 2.24) is 9.88 Å². The number of hydrogen-bond donors (Lipinski definition) is 1. The van der Waals surface area contributed by atoms with Crippen LogP contribution in [-0.2, 0) is 13.1 Å². The summed E-state index contributed by atoms with van der Waals surface area (Å²) in [5, 5.41) is 5.26. The Bertz CT molecular complexity index is 520. The third-order valence-corrected chi connectivity index (χ3v) is 4.33. The third-order valence-electron chi connectivity index (χ3n) is 3.47. The molecule has 0 aromatic carbocycles. The fourth-order valence-electron chi connectivity index (χ4n) is 2.30. The Labute approximate surface area is 118 Å². The molecule has 1 aliphatic rings. The minimum Gasteiger partial charge on any atom is -0.373 e. The first-order valence-electron chi connectivity index (χ1n) is 6.74. The van der Waals surface area contributed by atoms with Crippen molar-refractivity contribution < 1.29 is 0 Å². The van der Waals surface area contributed by atoms with Gasteiger partial charge in [0.2, 0.25) is 0 Å². The van der Waals surface area contributed by atoms with E-state index in [1.807, 2.05) is 24.6 Å². The minimum absolute atomic E-state index is 0.772. The van der Waals surface area contributed by atoms with Crippen LogP contribution in [0, 0.1) is 0 Å². The number of hydrogen-bond acceptors (Lipinski definition) is 4. The van der Waals surface area contributed by atoms with Gasteiger partial charge in [-0.3, -0.25) is 4.90 Å². The summed E-state index contributed by atoms with van der Waals surface area (Å²) < 4.78 is 0. The summed E-state index contributed by atoms with van der Waals surface area (Å²) in [6.45, 7) is 2.08. The molecule has 0 atom stereocenters. The molecule has 100 valence electrons. The molecule has 1 aliphatic carbocycles. The van der Waals surface area contributed by atoms with Gasteiger partial charge in [0.1, 0.15) is 5.82 Å². The van der Waals surface area contributed by atoms with Crippen LogP contribution in [0.15, 0.2) is 35.8 Å². The normalized spacial score (nSPS) is 14.8. The van der Waals surface area contributed by atoms with E-state index in [0.717, 1.165) is 24.9 Å². The maximum atomic E-state index is 4.27. The highest BCUT2D eigenvalue weighted by atomic mass is 32.1. The number of pyridine rings is 1. The van der Waals surface area contributed by atoms with Gasteiger partial charge in [0.15, 0.2) is 0 Å². The zero-order chi connectivity index (χ0) is 13.1. The number of anilines is 1. The smallest absolute Gasteiger partial charge is 0.125 e. The van der Waals surface area contributed by atoms with Gasteiger partial charge in [-0.05, 0) is 42.0 Å². The van der Waals surface area contributed by atoms with Gasteiger partial charge in [0.05, 0.1) is 0 Å². The molecule has 2 heterocycles. The molecule has 1 N–H and O–H groups in total. The predicted molar refractivity (Wildman–Crippen MR) is 80.4 cm³/mol. The van der Waals surface area contributed by atoms with Crippen LogP contribution in [0.4, 0.5) is 5.82 Å². The molecule has 1 saturated carbocycles. The summed E-state index contributed by atoms with van der Waals surface area (Å²) in [5.74, 6) is 0.948. The lowest BCUT2D eigenvalue weighted by Crippen LogP contribution is -2.24. The Balaban J connectivity index is 1.70. The fourth-order valence-corrected chi connectivity index (χ4v) is 3.03. The minimum atomic E-state index is 0.772. The van der Waals surface area contributed by atoms with Crippen LogP contribution in [0.3, 0.4) is 0 Å². The number of rotatable bonds is 6. The lowest BCUT2D eigenvalue weighted by atomic mass is 10.2. The monoisotopic (exact) mass is 273 g/mol. The van der Waals surface area contributed by atoms with Gasteiger partial charge in [0, 0.05) is 37.3 Å². The van der Waals surface area contributed by atoms with E-state index in [2.05, 4.69) is 44.8 Å². The summed E-state index contributed by atoms with van der Waals surface area (Å²) in [4.78, 5) is 8.31. The van der Waals surface area contributed by atoms with Crippen molar-refractivity contribution in [2.45, 2.75) is 32.0 Å². The first-order valence-corrected chi connectivity index (χ1v) is 7.62. The van der Waals surface area contributed by atoms with Crippen molar-refractivity contribution in [2.24, 2.45) is 0 Å². The van der Waals surface area contributed by atoms with Crippen LogP contribution in [0.25, 0.3) is 0 Å². The number of nitrogens with one attached hydrogen (secondary N) is 1. The average molecular weight is 273 g/mol. The molecule has 0 aliphatic heterocycles. The van der Waals surface area contributed by atoms with Crippen molar-refractivity contribution in [3.05, 3.63) is 46.3 Å². The summed E-state index contributed by atoms with van der Waals surface area (Å²) in [7, 11) is 1.91. The molecular formula is C15H19N3S. The lowest BCUT2D eigenvalue weighted by Gasteiger charge is -2.21. The molecule has 2 aromatic rings. The number of thiophene rings is 1. The van der Waals surface area contributed by atoms with Crippen LogP contribution in [0.5, 0.6) is 0 Å². The third kappa shape index (κ3) is 3.33. The molecule has 2 aromatic heterocycles. The number of nitrogens with zero attached hydrogens (tertiary/aromatic N) is 2. The van der Waals surface area contributed by atoms with Crippen LogP contribution >= 0.6 is 11.3 Å². The van der Waals surface area contributed by atoms with E-state index in [1.54, 1.807) is 0 Å². The van der Waals surface area contributed by atoms with Crippen LogP contribution in [0.2, 0.25) is 0 Å². The topological polar surface area (TPSA) is 28.2 Å². The van der Waals surface area contributed by atoms with E-state index in [-0.39, 0.29) is 0 Å². The quantitative estimate of drug-likeness (QED) is 0.875. The van der Waals surface area contributed by atoms with Crippen LogP contribution < -0.4 is 5.32 Å². The largest absolute Gasteiger partial charge is 0.373 e. The van der Waals surface area contributed by atoms with Crippen molar-refractivity contribution >= 4 is 17.2 Å². The maximum Gasteiger partial charge on any atom is 0.125 e. The van der Waals surface area contributed by atoms with Gasteiger partial charge in [-0.25, -0.2) is 4.98 Å². The van der Waals surface area contributed by atoms with Crippen LogP contribution in [-0.4, -0.2) is 23.0 Å². The lowest BCUT2D eigenvalue weighted by molar-refractivity contribution is 0.248. The Hall–Kier alpha value is -1.39. The molecule has 0 amide bonds. The van der Waals surface area contributed by atoms with Crippen molar-refractivity contribution in [2.75, 3.05) is 12.4 Å². The van der Waals surface area contributed by atoms with E-state index in [0.29, 0.717) is 0 Å². The highest BCUT2D eigenvalue weighted by Crippen LogP contribution is 2.30. The Kier molecular flexibility index (Phi) is 3.80. The van der Waals surface area contributed by atoms with E-state index >= 15 is 0 Å². The second-order valence-corrected chi connectivity index (χ2v) is 6.05. The van der Waals surface area contributed by atoms with E-state index in [9.17, 15) is 0 Å². The van der Waals surface area contributed by atoms with E-state index in [4.69, 9.17) is 0 Å². The van der Waals surface area contributed by atoms with Gasteiger partial charge >= 0.3 is 0 Å². The maximum absolute atomic E-state index is 4.27. The summed E-state index contributed by atoms with van der Waals surface area (Å²) >= 11 is 1.85. The zero-order valence-electron chi connectivity index (χ0n) is 11.2. The van der Waals surface area contributed by atoms with Crippen molar-refractivity contribution in [1.29, 1.82) is 0 Å². The standard InChI is InChI=1S/C15H19N3S/c1-16-15-9-12(6-7-17-15)10-18(13-4-5-13)11-14-3-2-8-19-14/h2-3,6-9,13H,4-5,10-11H2,1H3,(H,16,17). The second kappa shape index (κ2) is 5.72. The Morgan fingerprint density at radius 2 is 2.26 bits per heavy atom. The Morgan fingerprint density at radius 1 is 1.37 bits per heavy atom. The summed E-state index contributed by atoms with van der Waals surface area (Å²) in [6, 6.07) is 9.39. The molecule has 3 nitrogen and oxygen atoms in total. The second-order valence-electron chi connectivity index (χ2n) is 5.01. The molecule has 0 spiro atoms. The SMILES string of the molecule is CNc1cc(CN(Cc2cccs2)C2CC2)ccn1. The molecule has 0 radical (unpaired) electrons. The first kappa shape index (κ1) is 12.6. The molecule has 1 fully saturated rings. The van der Waals surface area contributed by atoms with Crippen LogP contribution in [0.1, 0.15) is 23.3 Å². The molecule has 3 rings (SSSR count). The fraction of sp³-hybridized carbons (Fsp3) is 0.400. The molecular weight excluding hydrogens is 254 g/mol. The average Bonchev–Trinajstić information content (AvgIpc) is 3.17. The van der Waals surface area contributed by atoms with E-state index in [1.165, 1.54) is 23.3 Å². The molecule has 0 saturated heterocycles. The number of aromatic nitrogens is 1. The summed E-state index contributed by atoms with van der Waals surface area (Å²) in [6.07, 6.45) is 4.57. The molecule has 0 bridgehead atoms. The molecule has 4 heteroatoms. The van der Waals surface area contributed by atoms with Crippen molar-refractivity contribution in [3.8, 4) is 0 Å². The summed E-state index contributed by atoms with van der Waals surface area (Å²) in [5.41, 5.74) is 1.34. The van der Waals surface area contributed by atoms with Crippen molar-refractivity contribution in [3.63, 3.8) is 0 Å². The molecule has 19 heavy (non-hydrogen) atoms. The Morgan fingerprint density at radius 3 is 2.95 bits per heavy atom.